The van der Waals surface area contributed by atoms with E-state index < -0.39 is 142 Å². The number of hydrogen-bond donors (Lipinski definition) is 15. The van der Waals surface area contributed by atoms with Crippen molar-refractivity contribution < 1.29 is 78.8 Å². The molecule has 23 nitrogen and oxygen atoms in total. The van der Waals surface area contributed by atoms with E-state index in [0.717, 1.165) is 12.0 Å². The first-order valence-corrected chi connectivity index (χ1v) is 20.3. The summed E-state index contributed by atoms with van der Waals surface area (Å²) in [5.74, 6) is -0.839. The maximum atomic E-state index is 12.9. The lowest BCUT2D eigenvalue weighted by atomic mass is 9.83. The molecule has 4 fully saturated rings. The number of aliphatic hydroxyl groups excluding tert-OH is 8. The van der Waals surface area contributed by atoms with E-state index in [0.29, 0.717) is 13.1 Å². The number of carbonyl (C=O) groups is 1. The second-order valence-corrected chi connectivity index (χ2v) is 15.6. The van der Waals surface area contributed by atoms with Crippen molar-refractivity contribution in [2.75, 3.05) is 46.0 Å². The Bertz CT molecular complexity index is 1430. The zero-order chi connectivity index (χ0) is 43.7. The number of amides is 1. The Morgan fingerprint density at radius 3 is 1.93 bits per heavy atom. The highest BCUT2D eigenvalue weighted by atomic mass is 16.8. The minimum Gasteiger partial charge on any atom is -0.394 e. The minimum absolute atomic E-state index is 0.00142. The van der Waals surface area contributed by atoms with Crippen LogP contribution in [0.2, 0.25) is 0 Å². The highest BCUT2D eigenvalue weighted by Crippen LogP contribution is 2.36. The van der Waals surface area contributed by atoms with E-state index in [1.54, 1.807) is 0 Å². The fourth-order valence-corrected chi connectivity index (χ4v) is 7.80. The number of nitrogens with one attached hydrogen (secondary N) is 2. The van der Waals surface area contributed by atoms with E-state index in [4.69, 9.17) is 61.8 Å². The summed E-state index contributed by atoms with van der Waals surface area (Å²) in [6.07, 6.45) is -22.0. The molecule has 23 heteroatoms. The SMILES string of the molecule is NCC[C@@H](O)C(=O)N[C@H]1C[C@H](N)[C@@H](O[C@H]2O[C@H](CO)[C@@H](O)[C@H](O)[C@H]2N)[C@@H](O[C@H]2O[C@H](CO)[C@@H](O[C@H]3O[C@@H](CN)[C@@H](O)[C@H](O)[C@H]3N)[C@H]2OCCNCCc2ccccc2)[C@H]1O. The van der Waals surface area contributed by atoms with E-state index in [2.05, 4.69) is 10.6 Å². The Morgan fingerprint density at radius 2 is 1.32 bits per heavy atom. The number of rotatable bonds is 20. The Hall–Kier alpha value is -2.15. The van der Waals surface area contributed by atoms with Crippen LogP contribution in [0.15, 0.2) is 30.3 Å². The van der Waals surface area contributed by atoms with Crippen LogP contribution in [0.25, 0.3) is 0 Å². The summed E-state index contributed by atoms with van der Waals surface area (Å²) in [6, 6.07) is 4.94. The highest BCUT2D eigenvalue weighted by Gasteiger charge is 2.55. The van der Waals surface area contributed by atoms with E-state index in [9.17, 15) is 45.6 Å². The molecule has 1 amide bonds. The molecule has 20 atom stereocenters. The van der Waals surface area contributed by atoms with Crippen LogP contribution >= 0.6 is 0 Å². The average Bonchev–Trinajstić information content (AvgIpc) is 3.57. The second kappa shape index (κ2) is 23.0. The summed E-state index contributed by atoms with van der Waals surface area (Å²) in [6.45, 7) is -0.604. The molecule has 0 spiro atoms. The Kier molecular flexibility index (Phi) is 18.7. The molecule has 3 saturated heterocycles. The van der Waals surface area contributed by atoms with Crippen molar-refractivity contribution in [3.05, 3.63) is 35.9 Å². The normalized spacial score (nSPS) is 41.6. The second-order valence-electron chi connectivity index (χ2n) is 15.6. The van der Waals surface area contributed by atoms with Gasteiger partial charge in [-0.2, -0.15) is 0 Å². The van der Waals surface area contributed by atoms with Gasteiger partial charge in [0.15, 0.2) is 18.9 Å². The van der Waals surface area contributed by atoms with Gasteiger partial charge in [-0.25, -0.2) is 0 Å². The number of hydrogen-bond acceptors (Lipinski definition) is 22. The maximum absolute atomic E-state index is 12.9. The maximum Gasteiger partial charge on any atom is 0.249 e. The first-order chi connectivity index (χ1) is 28.7. The van der Waals surface area contributed by atoms with Crippen LogP contribution in [0, 0.1) is 0 Å². The van der Waals surface area contributed by atoms with E-state index >= 15 is 0 Å². The van der Waals surface area contributed by atoms with Gasteiger partial charge in [-0.3, -0.25) is 4.79 Å². The van der Waals surface area contributed by atoms with Crippen LogP contribution in [0.5, 0.6) is 0 Å². The van der Waals surface area contributed by atoms with Crippen molar-refractivity contribution >= 4 is 5.91 Å². The van der Waals surface area contributed by atoms with Crippen molar-refractivity contribution in [2.24, 2.45) is 28.7 Å². The summed E-state index contributed by atoms with van der Waals surface area (Å²) < 4.78 is 42.9. The predicted octanol–water partition coefficient (Wildman–Crippen LogP) is -8.14. The fourth-order valence-electron chi connectivity index (χ4n) is 7.80. The van der Waals surface area contributed by atoms with E-state index in [1.165, 1.54) is 0 Å². The lowest BCUT2D eigenvalue weighted by molar-refractivity contribution is -0.312. The zero-order valence-electron chi connectivity index (χ0n) is 33.2. The molecule has 1 aliphatic carbocycles. The van der Waals surface area contributed by atoms with Crippen LogP contribution in [0.1, 0.15) is 18.4 Å². The van der Waals surface area contributed by atoms with Gasteiger partial charge in [0.2, 0.25) is 5.91 Å². The smallest absolute Gasteiger partial charge is 0.249 e. The highest BCUT2D eigenvalue weighted by molar-refractivity contribution is 5.80. The number of nitrogens with two attached hydrogens (primary N) is 5. The van der Waals surface area contributed by atoms with E-state index in [-0.39, 0.29) is 32.5 Å². The monoisotopic (exact) mass is 863 g/mol. The Balaban J connectivity index is 1.41. The van der Waals surface area contributed by atoms with Crippen LogP contribution in [-0.2, 0) is 44.4 Å². The lowest BCUT2D eigenvalue weighted by Gasteiger charge is -2.48. The molecule has 5 rings (SSSR count). The molecule has 3 aliphatic heterocycles. The van der Waals surface area contributed by atoms with Gasteiger partial charge >= 0.3 is 0 Å². The Morgan fingerprint density at radius 1 is 0.733 bits per heavy atom. The van der Waals surface area contributed by atoms with Crippen LogP contribution < -0.4 is 39.3 Å². The number of ether oxygens (including phenoxy) is 7. The molecule has 3 heterocycles. The Labute approximate surface area is 347 Å². The molecule has 4 aliphatic rings. The largest absolute Gasteiger partial charge is 0.394 e. The summed E-state index contributed by atoms with van der Waals surface area (Å²) in [7, 11) is 0. The third-order valence-electron chi connectivity index (χ3n) is 11.3. The topological polar surface area (TPSA) is 398 Å². The fraction of sp³-hybridized carbons (Fsp3) is 0.811. The summed E-state index contributed by atoms with van der Waals surface area (Å²) in [5, 5.41) is 90.7. The first kappa shape index (κ1) is 48.9. The van der Waals surface area contributed by atoms with Crippen molar-refractivity contribution in [3.8, 4) is 0 Å². The molecule has 60 heavy (non-hydrogen) atoms. The van der Waals surface area contributed by atoms with Gasteiger partial charge in [-0.05, 0) is 37.9 Å². The summed E-state index contributed by atoms with van der Waals surface area (Å²) in [5.41, 5.74) is 31.5. The van der Waals surface area contributed by atoms with Crippen LogP contribution in [0.3, 0.4) is 0 Å². The van der Waals surface area contributed by atoms with Gasteiger partial charge < -0.3 is 113 Å². The standard InChI is InChI=1S/C37H65N7O16/c38-8-6-19(47)34(53)44-18-12-17(40)30(58-36-24(42)29(52)27(50)21(14-45)56-36)32(25(18)48)60-37-33(54-11-10-43-9-7-16-4-2-1-3-5-16)31(22(15-46)57-37)59-35-23(41)28(51)26(49)20(13-39)55-35/h1-5,17-33,35-37,43,45-52H,6-15,38-42H2,(H,44,53)/t17-,18-,19+,20-,21+,22+,23+,24+,25-,26+,27+,28+,29+,30+,31+,32-,33+,35+,36+,37+/m0/s1. The molecule has 0 bridgehead atoms. The molecular weight excluding hydrogens is 798 g/mol. The summed E-state index contributed by atoms with van der Waals surface area (Å²) >= 11 is 0. The molecule has 0 unspecified atom stereocenters. The molecule has 0 aromatic heterocycles. The van der Waals surface area contributed by atoms with Crippen molar-refractivity contribution in [3.63, 3.8) is 0 Å². The van der Waals surface area contributed by atoms with Crippen molar-refractivity contribution in [1.82, 2.24) is 10.6 Å². The molecule has 20 N–H and O–H groups in total. The molecule has 1 aromatic rings. The zero-order valence-corrected chi connectivity index (χ0v) is 33.2. The lowest BCUT2D eigenvalue weighted by Crippen LogP contribution is -2.69. The number of carbonyl (C=O) groups excluding carboxylic acids is 1. The molecule has 1 aromatic carbocycles. The van der Waals surface area contributed by atoms with Crippen LogP contribution in [0.4, 0.5) is 0 Å². The molecule has 1 saturated carbocycles. The number of benzene rings is 1. The van der Waals surface area contributed by atoms with Gasteiger partial charge in [-0.1, -0.05) is 30.3 Å². The van der Waals surface area contributed by atoms with Gasteiger partial charge in [0.1, 0.15) is 79.4 Å². The number of aliphatic hydroxyl groups is 8. The first-order valence-electron chi connectivity index (χ1n) is 20.3. The van der Waals surface area contributed by atoms with Crippen LogP contribution in [-0.4, -0.2) is 215 Å². The molecule has 0 radical (unpaired) electrons. The average molecular weight is 864 g/mol. The van der Waals surface area contributed by atoms with Gasteiger partial charge in [0.05, 0.1) is 37.9 Å². The van der Waals surface area contributed by atoms with Gasteiger partial charge in [-0.15, -0.1) is 0 Å². The third kappa shape index (κ3) is 11.7. The predicted molar refractivity (Wildman–Crippen MR) is 207 cm³/mol. The van der Waals surface area contributed by atoms with Crippen molar-refractivity contribution in [1.29, 1.82) is 0 Å². The quantitative estimate of drug-likeness (QED) is 0.0541. The van der Waals surface area contributed by atoms with Gasteiger partial charge in [0, 0.05) is 19.1 Å². The van der Waals surface area contributed by atoms with Gasteiger partial charge in [0.25, 0.3) is 0 Å². The third-order valence-corrected chi connectivity index (χ3v) is 11.3. The van der Waals surface area contributed by atoms with E-state index in [1.807, 2.05) is 30.3 Å². The minimum atomic E-state index is -1.65. The van der Waals surface area contributed by atoms with Crippen molar-refractivity contribution in [2.45, 2.75) is 142 Å². The summed E-state index contributed by atoms with van der Waals surface area (Å²) in [4.78, 5) is 12.9. The molecular formula is C37H65N7O16. The molecule has 344 valence electrons.